The molecular weight excluding hydrogens is 468 g/mol. The zero-order chi connectivity index (χ0) is 25.2. The topological polar surface area (TPSA) is 93.5 Å². The summed E-state index contributed by atoms with van der Waals surface area (Å²) in [7, 11) is 0. The van der Waals surface area contributed by atoms with E-state index in [1.807, 2.05) is 43.3 Å². The first-order valence-corrected chi connectivity index (χ1v) is 11.7. The van der Waals surface area contributed by atoms with Crippen molar-refractivity contribution in [2.45, 2.75) is 45.9 Å². The van der Waals surface area contributed by atoms with Gasteiger partial charge in [0.05, 0.1) is 13.2 Å². The van der Waals surface area contributed by atoms with Gasteiger partial charge in [-0.3, -0.25) is 14.3 Å². The Kier molecular flexibility index (Phi) is 6.93. The lowest BCUT2D eigenvalue weighted by Gasteiger charge is -2.43. The smallest absolute Gasteiger partial charge is 0.358 e. The molecule has 9 heteroatoms. The number of benzene rings is 2. The summed E-state index contributed by atoms with van der Waals surface area (Å²) in [5.41, 5.74) is 1.72. The number of carbonyl (C=O) groups is 3. The molecule has 3 aromatic rings. The van der Waals surface area contributed by atoms with E-state index in [2.05, 4.69) is 10.4 Å². The van der Waals surface area contributed by atoms with Crippen molar-refractivity contribution in [3.63, 3.8) is 0 Å². The Morgan fingerprint density at radius 2 is 1.89 bits per heavy atom. The van der Waals surface area contributed by atoms with Gasteiger partial charge in [-0.05, 0) is 38.0 Å². The number of nitrogens with one attached hydrogen (secondary N) is 1. The Bertz CT molecular complexity index is 1270. The van der Waals surface area contributed by atoms with Crippen LogP contribution in [0.3, 0.4) is 0 Å². The van der Waals surface area contributed by atoms with Crippen molar-refractivity contribution in [2.75, 3.05) is 6.61 Å². The van der Waals surface area contributed by atoms with Crippen LogP contribution < -0.4 is 5.32 Å². The van der Waals surface area contributed by atoms with Gasteiger partial charge in [0.2, 0.25) is 5.91 Å². The normalized spacial score (nSPS) is 17.1. The molecule has 0 saturated carbocycles. The van der Waals surface area contributed by atoms with Crippen molar-refractivity contribution in [1.29, 1.82) is 0 Å². The SMILES string of the molecule is CCOC(=O)c1cc2n(n1)CC(C)(C(=O)NCc1ccc(C)cc1)N(Cc1ccccc1Cl)C2=O. The molecule has 0 fully saturated rings. The summed E-state index contributed by atoms with van der Waals surface area (Å²) in [5.74, 6) is -1.38. The Morgan fingerprint density at radius 1 is 1.17 bits per heavy atom. The lowest BCUT2D eigenvalue weighted by molar-refractivity contribution is -0.133. The minimum Gasteiger partial charge on any atom is -0.461 e. The van der Waals surface area contributed by atoms with Crippen LogP contribution in [0.5, 0.6) is 0 Å². The zero-order valence-electron chi connectivity index (χ0n) is 19.9. The van der Waals surface area contributed by atoms with Gasteiger partial charge in [0.25, 0.3) is 5.91 Å². The summed E-state index contributed by atoms with van der Waals surface area (Å²) in [5, 5.41) is 7.73. The van der Waals surface area contributed by atoms with Crippen LogP contribution in [0.1, 0.15) is 51.5 Å². The Morgan fingerprint density at radius 3 is 2.57 bits per heavy atom. The Labute approximate surface area is 208 Å². The molecule has 2 aromatic carbocycles. The molecule has 1 atom stereocenters. The van der Waals surface area contributed by atoms with E-state index in [-0.39, 0.29) is 37.0 Å². The van der Waals surface area contributed by atoms with Crippen molar-refractivity contribution >= 4 is 29.4 Å². The van der Waals surface area contributed by atoms with Gasteiger partial charge in [0, 0.05) is 24.2 Å². The molecule has 35 heavy (non-hydrogen) atoms. The van der Waals surface area contributed by atoms with Crippen LogP contribution in [0.15, 0.2) is 54.6 Å². The van der Waals surface area contributed by atoms with E-state index in [9.17, 15) is 14.4 Å². The highest BCUT2D eigenvalue weighted by Crippen LogP contribution is 2.31. The van der Waals surface area contributed by atoms with Crippen molar-refractivity contribution in [3.8, 4) is 0 Å². The summed E-state index contributed by atoms with van der Waals surface area (Å²) in [6.07, 6.45) is 0. The number of aryl methyl sites for hydroxylation is 1. The third kappa shape index (κ3) is 4.93. The van der Waals surface area contributed by atoms with Crippen LogP contribution in [-0.4, -0.2) is 44.6 Å². The fourth-order valence-electron chi connectivity index (χ4n) is 4.07. The van der Waals surface area contributed by atoms with Gasteiger partial charge in [-0.15, -0.1) is 0 Å². The number of hydrogen-bond donors (Lipinski definition) is 1. The van der Waals surface area contributed by atoms with Crippen molar-refractivity contribution in [1.82, 2.24) is 20.0 Å². The van der Waals surface area contributed by atoms with E-state index in [0.29, 0.717) is 17.1 Å². The molecule has 8 nitrogen and oxygen atoms in total. The second kappa shape index (κ2) is 9.92. The fourth-order valence-corrected chi connectivity index (χ4v) is 4.27. The van der Waals surface area contributed by atoms with E-state index in [1.165, 1.54) is 15.6 Å². The third-order valence-electron chi connectivity index (χ3n) is 6.13. The van der Waals surface area contributed by atoms with Gasteiger partial charge in [0.1, 0.15) is 11.2 Å². The van der Waals surface area contributed by atoms with Gasteiger partial charge in [-0.2, -0.15) is 5.10 Å². The molecule has 1 aliphatic rings. The molecule has 0 spiro atoms. The number of hydrogen-bond acceptors (Lipinski definition) is 5. The van der Waals surface area contributed by atoms with Crippen LogP contribution in [-0.2, 0) is 29.2 Å². The van der Waals surface area contributed by atoms with Gasteiger partial charge in [0.15, 0.2) is 5.69 Å². The van der Waals surface area contributed by atoms with E-state index in [4.69, 9.17) is 16.3 Å². The standard InChI is InChI=1S/C26H27ClN4O4/c1-4-35-24(33)21-13-22-23(32)30(15-19-7-5-6-8-20(19)27)26(3,16-31(22)29-21)25(34)28-14-18-11-9-17(2)10-12-18/h5-13H,4,14-16H2,1-3H3,(H,28,34). The zero-order valence-corrected chi connectivity index (χ0v) is 20.6. The number of fused-ring (bicyclic) bond motifs is 1. The van der Waals surface area contributed by atoms with E-state index >= 15 is 0 Å². The van der Waals surface area contributed by atoms with Crippen LogP contribution in [0, 0.1) is 6.92 Å². The molecule has 1 aromatic heterocycles. The maximum atomic E-state index is 13.6. The number of nitrogens with zero attached hydrogens (tertiary/aromatic N) is 3. The van der Waals surface area contributed by atoms with Crippen molar-refractivity contribution in [2.24, 2.45) is 0 Å². The summed E-state index contributed by atoms with van der Waals surface area (Å²) >= 11 is 6.38. The van der Waals surface area contributed by atoms with Crippen LogP contribution in [0.2, 0.25) is 5.02 Å². The molecule has 2 amide bonds. The fraction of sp³-hybridized carbons (Fsp3) is 0.308. The maximum absolute atomic E-state index is 13.6. The predicted octanol–water partition coefficient (Wildman–Crippen LogP) is 3.75. The lowest BCUT2D eigenvalue weighted by Crippen LogP contribution is -2.63. The monoisotopic (exact) mass is 494 g/mol. The predicted molar refractivity (Wildman–Crippen MR) is 131 cm³/mol. The third-order valence-corrected chi connectivity index (χ3v) is 6.50. The average molecular weight is 495 g/mol. The Hall–Kier alpha value is -3.65. The van der Waals surface area contributed by atoms with Crippen LogP contribution in [0.4, 0.5) is 0 Å². The highest BCUT2D eigenvalue weighted by atomic mass is 35.5. The maximum Gasteiger partial charge on any atom is 0.358 e. The van der Waals surface area contributed by atoms with Crippen LogP contribution in [0.25, 0.3) is 0 Å². The molecule has 1 N–H and O–H groups in total. The number of halogens is 1. The first-order chi connectivity index (χ1) is 16.7. The molecule has 1 aliphatic heterocycles. The summed E-state index contributed by atoms with van der Waals surface area (Å²) in [4.78, 5) is 41.0. The lowest BCUT2D eigenvalue weighted by atomic mass is 9.94. The first kappa shape index (κ1) is 24.5. The number of rotatable bonds is 7. The Balaban J connectivity index is 1.67. The summed E-state index contributed by atoms with van der Waals surface area (Å²) in [6.45, 7) is 6.07. The van der Waals surface area contributed by atoms with Gasteiger partial charge in [-0.1, -0.05) is 59.6 Å². The molecule has 0 aliphatic carbocycles. The number of carbonyl (C=O) groups excluding carboxylic acids is 3. The number of ether oxygens (including phenoxy) is 1. The summed E-state index contributed by atoms with van der Waals surface area (Å²) in [6, 6.07) is 16.4. The van der Waals surface area contributed by atoms with Crippen LogP contribution >= 0.6 is 11.6 Å². The minimum atomic E-state index is -1.29. The summed E-state index contributed by atoms with van der Waals surface area (Å²) < 4.78 is 6.44. The average Bonchev–Trinajstić information content (AvgIpc) is 3.26. The molecular formula is C26H27ClN4O4. The number of amides is 2. The molecule has 0 bridgehead atoms. The van der Waals surface area contributed by atoms with Gasteiger partial charge < -0.3 is 15.0 Å². The van der Waals surface area contributed by atoms with E-state index in [0.717, 1.165) is 11.1 Å². The number of esters is 1. The van der Waals surface area contributed by atoms with Crippen molar-refractivity contribution in [3.05, 3.63) is 87.7 Å². The second-order valence-electron chi connectivity index (χ2n) is 8.72. The first-order valence-electron chi connectivity index (χ1n) is 11.4. The highest BCUT2D eigenvalue weighted by Gasteiger charge is 2.48. The quantitative estimate of drug-likeness (QED) is 0.505. The molecule has 0 radical (unpaired) electrons. The number of aromatic nitrogens is 2. The van der Waals surface area contributed by atoms with Crippen molar-refractivity contribution < 1.29 is 19.1 Å². The molecule has 0 saturated heterocycles. The minimum absolute atomic E-state index is 0.0252. The highest BCUT2D eigenvalue weighted by molar-refractivity contribution is 6.31. The molecule has 2 heterocycles. The molecule has 182 valence electrons. The largest absolute Gasteiger partial charge is 0.461 e. The molecule has 4 rings (SSSR count). The van der Waals surface area contributed by atoms with Gasteiger partial charge in [-0.25, -0.2) is 4.79 Å². The molecule has 1 unspecified atom stereocenters. The van der Waals surface area contributed by atoms with E-state index < -0.39 is 17.4 Å². The van der Waals surface area contributed by atoms with E-state index in [1.54, 1.807) is 26.0 Å². The second-order valence-corrected chi connectivity index (χ2v) is 9.12. The van der Waals surface area contributed by atoms with Gasteiger partial charge >= 0.3 is 5.97 Å².